The molecule has 0 fully saturated rings. The van der Waals surface area contributed by atoms with E-state index in [1.165, 1.54) is 22.9 Å². The number of aromatic amines is 1. The fourth-order valence-electron chi connectivity index (χ4n) is 3.42. The quantitative estimate of drug-likeness (QED) is 0.689. The van der Waals surface area contributed by atoms with Gasteiger partial charge < -0.3 is 19.9 Å². The largest absolute Gasteiger partial charge is 0.476 e. The molecule has 1 unspecified atom stereocenters. The number of carbonyl (C=O) groups is 1. The molecule has 4 rings (SSSR count). The van der Waals surface area contributed by atoms with E-state index in [2.05, 4.69) is 33.7 Å². The van der Waals surface area contributed by atoms with E-state index in [1.54, 1.807) is 0 Å². The third-order valence-electron chi connectivity index (χ3n) is 4.51. The number of nitrogens with zero attached hydrogens (tertiary/aromatic N) is 1. The summed E-state index contributed by atoms with van der Waals surface area (Å²) >= 11 is 0. The van der Waals surface area contributed by atoms with Crippen LogP contribution in [0.2, 0.25) is 0 Å². The van der Waals surface area contributed by atoms with Crippen molar-refractivity contribution in [2.75, 3.05) is 6.54 Å². The average molecular weight is 311 g/mol. The lowest BCUT2D eigenvalue weighted by Gasteiger charge is -2.24. The van der Waals surface area contributed by atoms with Crippen LogP contribution in [0.5, 0.6) is 0 Å². The Hall–Kier alpha value is -2.60. The summed E-state index contributed by atoms with van der Waals surface area (Å²) in [5, 5.41) is 17.5. The van der Waals surface area contributed by atoms with Crippen LogP contribution in [0.15, 0.2) is 35.1 Å². The predicted octanol–water partition coefficient (Wildman–Crippen LogP) is 2.67. The first-order valence-electron chi connectivity index (χ1n) is 7.73. The molecule has 6 heteroatoms. The lowest BCUT2D eigenvalue weighted by atomic mass is 9.95. The molecular weight excluding hydrogens is 294 g/mol. The molecule has 2 aromatic heterocycles. The molecule has 3 heterocycles. The standard InChI is InChI=1S/C17H17N3O3/c21-17(22)15-10(9-23-20-15)5-6-14-16-12(7-8-18-14)11-3-1-2-4-13(11)19-16/h1-4,9,14,18-19H,5-8H2,(H,21,22). The average Bonchev–Trinajstić information content (AvgIpc) is 3.17. The second-order valence-corrected chi connectivity index (χ2v) is 5.85. The zero-order valence-corrected chi connectivity index (χ0v) is 12.5. The van der Waals surface area contributed by atoms with Gasteiger partial charge >= 0.3 is 5.97 Å². The molecule has 0 amide bonds. The molecule has 6 nitrogen and oxygen atoms in total. The number of rotatable bonds is 4. The topological polar surface area (TPSA) is 91.2 Å². The monoisotopic (exact) mass is 311 g/mol. The van der Waals surface area contributed by atoms with Crippen molar-refractivity contribution in [3.63, 3.8) is 0 Å². The van der Waals surface area contributed by atoms with Crippen molar-refractivity contribution < 1.29 is 14.4 Å². The summed E-state index contributed by atoms with van der Waals surface area (Å²) in [5.74, 6) is -1.04. The molecular formula is C17H17N3O3. The van der Waals surface area contributed by atoms with E-state index in [4.69, 9.17) is 9.63 Å². The van der Waals surface area contributed by atoms with Crippen molar-refractivity contribution in [1.82, 2.24) is 15.5 Å². The normalized spacial score (nSPS) is 17.3. The highest BCUT2D eigenvalue weighted by molar-refractivity contribution is 5.87. The van der Waals surface area contributed by atoms with Crippen LogP contribution in [0.3, 0.4) is 0 Å². The SMILES string of the molecule is O=C(O)c1nocc1CCC1NCCc2c1[nH]c1ccccc21. The van der Waals surface area contributed by atoms with Gasteiger partial charge in [-0.25, -0.2) is 4.79 Å². The zero-order valence-electron chi connectivity index (χ0n) is 12.5. The van der Waals surface area contributed by atoms with Crippen molar-refractivity contribution in [3.8, 4) is 0 Å². The third kappa shape index (κ3) is 2.41. The van der Waals surface area contributed by atoms with Crippen LogP contribution < -0.4 is 5.32 Å². The maximum Gasteiger partial charge on any atom is 0.358 e. The number of aromatic nitrogens is 2. The van der Waals surface area contributed by atoms with Gasteiger partial charge in [-0.3, -0.25) is 0 Å². The summed E-state index contributed by atoms with van der Waals surface area (Å²) in [4.78, 5) is 14.6. The smallest absolute Gasteiger partial charge is 0.358 e. The Morgan fingerprint density at radius 1 is 1.39 bits per heavy atom. The van der Waals surface area contributed by atoms with Crippen LogP contribution in [-0.4, -0.2) is 27.8 Å². The molecule has 1 aliphatic rings. The van der Waals surface area contributed by atoms with Crippen LogP contribution in [0.25, 0.3) is 10.9 Å². The Morgan fingerprint density at radius 3 is 3.13 bits per heavy atom. The summed E-state index contributed by atoms with van der Waals surface area (Å²) in [5.41, 5.74) is 4.39. The number of aromatic carboxylic acids is 1. The van der Waals surface area contributed by atoms with E-state index in [-0.39, 0.29) is 11.7 Å². The number of benzene rings is 1. The molecule has 3 N–H and O–H groups in total. The second kappa shape index (κ2) is 5.55. The van der Waals surface area contributed by atoms with E-state index in [9.17, 15) is 4.79 Å². The number of nitrogens with one attached hydrogen (secondary N) is 2. The molecule has 0 radical (unpaired) electrons. The number of aryl methyl sites for hydroxylation is 1. The summed E-state index contributed by atoms with van der Waals surface area (Å²) in [7, 11) is 0. The van der Waals surface area contributed by atoms with Gasteiger partial charge in [0.1, 0.15) is 6.26 Å². The Balaban J connectivity index is 1.60. The van der Waals surface area contributed by atoms with E-state index < -0.39 is 5.97 Å². The highest BCUT2D eigenvalue weighted by Crippen LogP contribution is 2.32. The fourth-order valence-corrected chi connectivity index (χ4v) is 3.42. The van der Waals surface area contributed by atoms with Gasteiger partial charge in [-0.2, -0.15) is 0 Å². The van der Waals surface area contributed by atoms with Crippen LogP contribution in [0.1, 0.15) is 39.8 Å². The molecule has 0 spiro atoms. The maximum atomic E-state index is 11.1. The van der Waals surface area contributed by atoms with Gasteiger partial charge in [0.05, 0.1) is 0 Å². The molecule has 1 atom stereocenters. The van der Waals surface area contributed by atoms with Crippen LogP contribution in [0, 0.1) is 0 Å². The minimum atomic E-state index is -1.04. The highest BCUT2D eigenvalue weighted by atomic mass is 16.5. The molecule has 1 aliphatic heterocycles. The maximum absolute atomic E-state index is 11.1. The van der Waals surface area contributed by atoms with Crippen molar-refractivity contribution in [3.05, 3.63) is 53.0 Å². The van der Waals surface area contributed by atoms with Gasteiger partial charge in [0.25, 0.3) is 0 Å². The van der Waals surface area contributed by atoms with Gasteiger partial charge in [0.2, 0.25) is 0 Å². The lowest BCUT2D eigenvalue weighted by molar-refractivity contribution is 0.0684. The van der Waals surface area contributed by atoms with Crippen LogP contribution in [0.4, 0.5) is 0 Å². The van der Waals surface area contributed by atoms with Crippen molar-refractivity contribution >= 4 is 16.9 Å². The minimum absolute atomic E-state index is 0.0117. The van der Waals surface area contributed by atoms with Gasteiger partial charge in [0.15, 0.2) is 5.69 Å². The number of carboxylic acid groups (broad SMARTS) is 1. The zero-order chi connectivity index (χ0) is 15.8. The number of fused-ring (bicyclic) bond motifs is 3. The van der Waals surface area contributed by atoms with E-state index in [0.29, 0.717) is 12.0 Å². The van der Waals surface area contributed by atoms with E-state index in [0.717, 1.165) is 24.9 Å². The Morgan fingerprint density at radius 2 is 2.26 bits per heavy atom. The first-order valence-corrected chi connectivity index (χ1v) is 7.73. The first kappa shape index (κ1) is 14.0. The lowest BCUT2D eigenvalue weighted by Crippen LogP contribution is -2.30. The van der Waals surface area contributed by atoms with E-state index in [1.807, 2.05) is 6.07 Å². The third-order valence-corrected chi connectivity index (χ3v) is 4.51. The molecule has 23 heavy (non-hydrogen) atoms. The molecule has 0 saturated heterocycles. The number of carboxylic acids is 1. The predicted molar refractivity (Wildman–Crippen MR) is 84.5 cm³/mol. The van der Waals surface area contributed by atoms with Gasteiger partial charge in [-0.1, -0.05) is 23.4 Å². The number of hydrogen-bond acceptors (Lipinski definition) is 4. The Labute approximate surface area is 132 Å². The van der Waals surface area contributed by atoms with Crippen LogP contribution in [-0.2, 0) is 12.8 Å². The molecule has 118 valence electrons. The highest BCUT2D eigenvalue weighted by Gasteiger charge is 2.24. The number of H-pyrrole nitrogens is 1. The van der Waals surface area contributed by atoms with Crippen LogP contribution >= 0.6 is 0 Å². The molecule has 0 saturated carbocycles. The number of hydrogen-bond donors (Lipinski definition) is 3. The Kier molecular flexibility index (Phi) is 3.38. The van der Waals surface area contributed by atoms with E-state index >= 15 is 0 Å². The number of para-hydroxylation sites is 1. The first-order chi connectivity index (χ1) is 11.2. The van der Waals surface area contributed by atoms with Gasteiger partial charge in [-0.05, 0) is 37.4 Å². The van der Waals surface area contributed by atoms with Gasteiger partial charge in [0, 0.05) is 28.2 Å². The molecule has 1 aromatic carbocycles. The summed E-state index contributed by atoms with van der Waals surface area (Å²) < 4.78 is 4.81. The fraction of sp³-hybridized carbons (Fsp3) is 0.294. The minimum Gasteiger partial charge on any atom is -0.476 e. The molecule has 0 aliphatic carbocycles. The summed E-state index contributed by atoms with van der Waals surface area (Å²) in [6.45, 7) is 0.926. The summed E-state index contributed by atoms with van der Waals surface area (Å²) in [6, 6.07) is 8.51. The molecule has 0 bridgehead atoms. The van der Waals surface area contributed by atoms with Crippen molar-refractivity contribution in [1.29, 1.82) is 0 Å². The Bertz CT molecular complexity index is 865. The summed E-state index contributed by atoms with van der Waals surface area (Å²) in [6.07, 6.45) is 3.83. The second-order valence-electron chi connectivity index (χ2n) is 5.85. The van der Waals surface area contributed by atoms with Crippen molar-refractivity contribution in [2.45, 2.75) is 25.3 Å². The van der Waals surface area contributed by atoms with Crippen molar-refractivity contribution in [2.24, 2.45) is 0 Å². The van der Waals surface area contributed by atoms with Gasteiger partial charge in [-0.15, -0.1) is 0 Å². The molecule has 3 aromatic rings.